The zero-order valence-corrected chi connectivity index (χ0v) is 17.3. The topological polar surface area (TPSA) is 79.2 Å². The van der Waals surface area contributed by atoms with Gasteiger partial charge in [-0.3, -0.25) is 4.79 Å². The second-order valence-corrected chi connectivity index (χ2v) is 7.31. The Bertz CT molecular complexity index is 852. The molecular weight excluding hydrogens is 382 g/mol. The molecule has 30 heavy (non-hydrogen) atoms. The zero-order valence-electron chi connectivity index (χ0n) is 17.3. The summed E-state index contributed by atoms with van der Waals surface area (Å²) in [5.41, 5.74) is 0.0677. The molecule has 6 nitrogen and oxygen atoms in total. The van der Waals surface area contributed by atoms with Crippen molar-refractivity contribution in [3.05, 3.63) is 83.3 Å². The van der Waals surface area contributed by atoms with Crippen LogP contribution in [0.5, 0.6) is 0 Å². The lowest BCUT2D eigenvalue weighted by atomic mass is 10.1. The first-order valence-electron chi connectivity index (χ1n) is 10.3. The van der Waals surface area contributed by atoms with Gasteiger partial charge in [-0.1, -0.05) is 74.0 Å². The highest BCUT2D eigenvalue weighted by atomic mass is 16.5. The van der Waals surface area contributed by atoms with E-state index in [1.54, 1.807) is 0 Å². The summed E-state index contributed by atoms with van der Waals surface area (Å²) >= 11 is 0. The van der Waals surface area contributed by atoms with Crippen molar-refractivity contribution in [1.82, 2.24) is 4.90 Å². The van der Waals surface area contributed by atoms with Gasteiger partial charge < -0.3 is 24.6 Å². The number of benzene rings is 2. The van der Waals surface area contributed by atoms with Gasteiger partial charge in [0.2, 0.25) is 11.5 Å². The van der Waals surface area contributed by atoms with Crippen molar-refractivity contribution in [1.29, 1.82) is 0 Å². The van der Waals surface area contributed by atoms with Gasteiger partial charge in [-0.25, -0.2) is 0 Å². The first-order chi connectivity index (χ1) is 14.6. The van der Waals surface area contributed by atoms with E-state index < -0.39 is 11.6 Å². The van der Waals surface area contributed by atoms with Crippen LogP contribution >= 0.6 is 0 Å². The SMILES string of the molecule is CCCCN1C(=O)C(OCc2ccccc2)=C(OCc2ccccc2)C1(O)CCO. The number of unbranched alkanes of at least 4 members (excludes halogenated alkanes) is 1. The Labute approximate surface area is 177 Å². The molecule has 1 aliphatic heterocycles. The molecule has 3 rings (SSSR count). The summed E-state index contributed by atoms with van der Waals surface area (Å²) in [5.74, 6) is -0.349. The van der Waals surface area contributed by atoms with Crippen LogP contribution in [0.1, 0.15) is 37.3 Å². The van der Waals surface area contributed by atoms with Crippen molar-refractivity contribution in [3.8, 4) is 0 Å². The third-order valence-corrected chi connectivity index (χ3v) is 5.10. The normalized spacial score (nSPS) is 18.8. The van der Waals surface area contributed by atoms with Crippen LogP contribution in [0.2, 0.25) is 0 Å². The van der Waals surface area contributed by atoms with E-state index in [9.17, 15) is 15.0 Å². The number of rotatable bonds is 11. The minimum Gasteiger partial charge on any atom is -0.484 e. The lowest BCUT2D eigenvalue weighted by Gasteiger charge is -2.34. The van der Waals surface area contributed by atoms with Gasteiger partial charge in [0.15, 0.2) is 5.76 Å². The Morgan fingerprint density at radius 1 is 0.933 bits per heavy atom. The van der Waals surface area contributed by atoms with E-state index in [1.807, 2.05) is 67.6 Å². The van der Waals surface area contributed by atoms with Crippen LogP contribution in [0.4, 0.5) is 0 Å². The Morgan fingerprint density at radius 3 is 2.03 bits per heavy atom. The molecule has 1 amide bonds. The molecule has 1 unspecified atom stereocenters. The van der Waals surface area contributed by atoms with Gasteiger partial charge in [-0.15, -0.1) is 0 Å². The summed E-state index contributed by atoms with van der Waals surface area (Å²) < 4.78 is 11.8. The highest BCUT2D eigenvalue weighted by molar-refractivity contribution is 5.96. The first kappa shape index (κ1) is 21.9. The fraction of sp³-hybridized carbons (Fsp3) is 0.375. The number of hydrogen-bond acceptors (Lipinski definition) is 5. The monoisotopic (exact) mass is 411 g/mol. The van der Waals surface area contributed by atoms with Gasteiger partial charge >= 0.3 is 0 Å². The molecule has 0 bridgehead atoms. The average molecular weight is 411 g/mol. The van der Waals surface area contributed by atoms with Crippen LogP contribution in [-0.2, 0) is 27.5 Å². The number of carbonyl (C=O) groups excluding carboxylic acids is 1. The van der Waals surface area contributed by atoms with Gasteiger partial charge in [0, 0.05) is 19.6 Å². The smallest absolute Gasteiger partial charge is 0.295 e. The minimum absolute atomic E-state index is 0.00170. The summed E-state index contributed by atoms with van der Waals surface area (Å²) in [6.45, 7) is 2.42. The molecule has 0 aromatic heterocycles. The predicted octanol–water partition coefficient (Wildman–Crippen LogP) is 3.34. The summed E-state index contributed by atoms with van der Waals surface area (Å²) in [5, 5.41) is 21.0. The molecule has 1 heterocycles. The van der Waals surface area contributed by atoms with Crippen LogP contribution in [0.15, 0.2) is 72.2 Å². The maximum Gasteiger partial charge on any atom is 0.295 e. The Balaban J connectivity index is 1.90. The van der Waals surface area contributed by atoms with Gasteiger partial charge in [-0.05, 0) is 17.5 Å². The Kier molecular flexibility index (Phi) is 7.49. The molecule has 0 saturated carbocycles. The summed E-state index contributed by atoms with van der Waals surface area (Å²) in [7, 11) is 0. The lowest BCUT2D eigenvalue weighted by molar-refractivity contribution is -0.152. The number of carbonyl (C=O) groups is 1. The van der Waals surface area contributed by atoms with Crippen molar-refractivity contribution in [2.75, 3.05) is 13.2 Å². The molecule has 2 aromatic rings. The quantitative estimate of drug-likeness (QED) is 0.593. The van der Waals surface area contributed by atoms with Crippen LogP contribution in [-0.4, -0.2) is 39.9 Å². The number of aliphatic hydroxyl groups excluding tert-OH is 1. The van der Waals surface area contributed by atoms with E-state index in [-0.39, 0.29) is 37.8 Å². The number of ether oxygens (including phenoxy) is 2. The molecule has 0 spiro atoms. The first-order valence-corrected chi connectivity index (χ1v) is 10.3. The van der Waals surface area contributed by atoms with Crippen LogP contribution < -0.4 is 0 Å². The van der Waals surface area contributed by atoms with E-state index in [4.69, 9.17) is 9.47 Å². The molecule has 6 heteroatoms. The van der Waals surface area contributed by atoms with Gasteiger partial charge in [-0.2, -0.15) is 0 Å². The van der Waals surface area contributed by atoms with E-state index in [1.165, 1.54) is 4.90 Å². The van der Waals surface area contributed by atoms with Gasteiger partial charge in [0.25, 0.3) is 5.91 Å². The number of aliphatic hydroxyl groups is 2. The highest BCUT2D eigenvalue weighted by Crippen LogP contribution is 2.38. The summed E-state index contributed by atoms with van der Waals surface area (Å²) in [4.78, 5) is 14.5. The fourth-order valence-electron chi connectivity index (χ4n) is 3.47. The van der Waals surface area contributed by atoms with E-state index in [2.05, 4.69) is 0 Å². The van der Waals surface area contributed by atoms with E-state index in [0.29, 0.717) is 6.54 Å². The van der Waals surface area contributed by atoms with Crippen molar-refractivity contribution >= 4 is 5.91 Å². The molecule has 0 aliphatic carbocycles. The molecule has 0 saturated heterocycles. The minimum atomic E-state index is -1.73. The molecule has 2 N–H and O–H groups in total. The van der Waals surface area contributed by atoms with Crippen LogP contribution in [0.3, 0.4) is 0 Å². The fourth-order valence-corrected chi connectivity index (χ4v) is 3.47. The lowest BCUT2D eigenvalue weighted by Crippen LogP contribution is -2.49. The van der Waals surface area contributed by atoms with Crippen LogP contribution in [0, 0.1) is 0 Å². The van der Waals surface area contributed by atoms with E-state index >= 15 is 0 Å². The van der Waals surface area contributed by atoms with Crippen molar-refractivity contribution in [2.24, 2.45) is 0 Å². The van der Waals surface area contributed by atoms with Gasteiger partial charge in [0.1, 0.15) is 13.2 Å². The molecule has 2 aromatic carbocycles. The second-order valence-electron chi connectivity index (χ2n) is 7.31. The molecule has 1 aliphatic rings. The Morgan fingerprint density at radius 2 is 1.50 bits per heavy atom. The Hall–Kier alpha value is -2.83. The molecule has 0 radical (unpaired) electrons. The van der Waals surface area contributed by atoms with Gasteiger partial charge in [0.05, 0.1) is 0 Å². The van der Waals surface area contributed by atoms with Crippen molar-refractivity contribution in [3.63, 3.8) is 0 Å². The third-order valence-electron chi connectivity index (χ3n) is 5.10. The third kappa shape index (κ3) is 4.83. The highest BCUT2D eigenvalue weighted by Gasteiger charge is 2.53. The number of nitrogens with zero attached hydrogens (tertiary/aromatic N) is 1. The second kappa shape index (κ2) is 10.3. The largest absolute Gasteiger partial charge is 0.484 e. The van der Waals surface area contributed by atoms with E-state index in [0.717, 1.165) is 24.0 Å². The number of hydrogen-bond donors (Lipinski definition) is 2. The van der Waals surface area contributed by atoms with Crippen LogP contribution in [0.25, 0.3) is 0 Å². The molecule has 0 fully saturated rings. The summed E-state index contributed by atoms with van der Waals surface area (Å²) in [6.07, 6.45) is 1.53. The predicted molar refractivity (Wildman–Crippen MR) is 113 cm³/mol. The van der Waals surface area contributed by atoms with Crippen molar-refractivity contribution in [2.45, 2.75) is 45.1 Å². The summed E-state index contributed by atoms with van der Waals surface area (Å²) in [6, 6.07) is 19.0. The molecule has 160 valence electrons. The molecule has 1 atom stereocenters. The maximum atomic E-state index is 13.2. The molecular formula is C24H29NO5. The standard InChI is InChI=1S/C24H29NO5/c1-2-3-15-25-23(27)21(29-17-19-10-6-4-7-11-19)22(24(25,28)14-16-26)30-18-20-12-8-5-9-13-20/h4-13,26,28H,2-3,14-18H2,1H3. The zero-order chi connectivity index (χ0) is 21.4. The average Bonchev–Trinajstić information content (AvgIpc) is 2.96. The maximum absolute atomic E-state index is 13.2. The van der Waals surface area contributed by atoms with Crippen molar-refractivity contribution < 1.29 is 24.5 Å². The number of amides is 1.